The van der Waals surface area contributed by atoms with Crippen LogP contribution in [-0.2, 0) is 12.4 Å². The van der Waals surface area contributed by atoms with Gasteiger partial charge in [0, 0.05) is 0 Å². The number of aromatic nitrogens is 1. The smallest absolute Gasteiger partial charge is 0.428 e. The summed E-state index contributed by atoms with van der Waals surface area (Å²) in [5, 5.41) is 0. The predicted molar refractivity (Wildman–Crippen MR) is 31.2 cm³/mol. The molecule has 0 unspecified atom stereocenters. The lowest BCUT2D eigenvalue weighted by atomic mass is 10.4. The summed E-state index contributed by atoms with van der Waals surface area (Å²) >= 11 is 0. The zero-order valence-corrected chi connectivity index (χ0v) is 6.62. The van der Waals surface area contributed by atoms with E-state index < -0.39 is 29.7 Å². The highest BCUT2D eigenvalue weighted by Crippen LogP contribution is 2.36. The Hall–Kier alpha value is -1.21. The van der Waals surface area contributed by atoms with Gasteiger partial charge in [0.15, 0.2) is 0 Å². The summed E-state index contributed by atoms with van der Waals surface area (Å²) in [6, 6.07) is 0. The second kappa shape index (κ2) is 2.89. The van der Waals surface area contributed by atoms with Gasteiger partial charge in [-0.2, -0.15) is 26.3 Å². The van der Waals surface area contributed by atoms with E-state index in [4.69, 9.17) is 0 Å². The van der Waals surface area contributed by atoms with Crippen molar-refractivity contribution in [3.63, 3.8) is 0 Å². The Morgan fingerprint density at radius 2 is 1.50 bits per heavy atom. The third-order valence-corrected chi connectivity index (χ3v) is 1.30. The van der Waals surface area contributed by atoms with Gasteiger partial charge in [0.05, 0.1) is 5.69 Å². The molecule has 80 valence electrons. The van der Waals surface area contributed by atoms with Gasteiger partial charge in [-0.1, -0.05) is 0 Å². The second-order valence-corrected chi connectivity index (χ2v) is 2.43. The summed E-state index contributed by atoms with van der Waals surface area (Å²) in [6.07, 6.45) is -9.96. The van der Waals surface area contributed by atoms with Crippen LogP contribution in [0.4, 0.5) is 26.3 Å². The van der Waals surface area contributed by atoms with Crippen molar-refractivity contribution in [2.24, 2.45) is 0 Å². The molecule has 2 nitrogen and oxygen atoms in total. The number of oxazole rings is 1. The first kappa shape index (κ1) is 10.9. The monoisotopic (exact) mass is 219 g/mol. The molecule has 0 N–H and O–H groups in total. The van der Waals surface area contributed by atoms with Gasteiger partial charge in [0.1, 0.15) is 0 Å². The minimum Gasteiger partial charge on any atom is -0.428 e. The van der Waals surface area contributed by atoms with Crippen LogP contribution in [0.25, 0.3) is 0 Å². The van der Waals surface area contributed by atoms with Crippen LogP contribution in [0, 0.1) is 6.92 Å². The first-order valence-electron chi connectivity index (χ1n) is 3.24. The molecule has 0 bridgehead atoms. The minimum absolute atomic E-state index is 0.793. The first-order chi connectivity index (χ1) is 6.12. The molecule has 0 amide bonds. The Labute approximate surface area is 73.5 Å². The molecule has 0 saturated heterocycles. The van der Waals surface area contributed by atoms with Crippen molar-refractivity contribution < 1.29 is 30.8 Å². The third kappa shape index (κ3) is 1.99. The highest BCUT2D eigenvalue weighted by atomic mass is 19.4. The highest BCUT2D eigenvalue weighted by molar-refractivity contribution is 5.12. The van der Waals surface area contributed by atoms with Crippen molar-refractivity contribution in [2.45, 2.75) is 19.3 Å². The molecule has 8 heteroatoms. The Morgan fingerprint density at radius 1 is 1.00 bits per heavy atom. The van der Waals surface area contributed by atoms with E-state index in [1.54, 1.807) is 0 Å². The summed E-state index contributed by atoms with van der Waals surface area (Å²) in [5.41, 5.74) is -0.829. The molecule has 0 radical (unpaired) electrons. The highest BCUT2D eigenvalue weighted by Gasteiger charge is 2.44. The molecule has 1 aromatic rings. The van der Waals surface area contributed by atoms with Crippen molar-refractivity contribution in [2.75, 3.05) is 0 Å². The largest absolute Gasteiger partial charge is 0.468 e. The van der Waals surface area contributed by atoms with Crippen molar-refractivity contribution in [3.8, 4) is 0 Å². The van der Waals surface area contributed by atoms with Gasteiger partial charge < -0.3 is 4.42 Å². The molecule has 0 aliphatic rings. The lowest BCUT2D eigenvalue weighted by Gasteiger charge is -2.02. The molecule has 0 aromatic carbocycles. The van der Waals surface area contributed by atoms with Crippen LogP contribution < -0.4 is 0 Å². The molecule has 0 aliphatic carbocycles. The normalized spacial score (nSPS) is 13.4. The van der Waals surface area contributed by atoms with E-state index in [0.29, 0.717) is 0 Å². The zero-order valence-electron chi connectivity index (χ0n) is 6.62. The maximum atomic E-state index is 11.9. The van der Waals surface area contributed by atoms with E-state index in [-0.39, 0.29) is 0 Å². The van der Waals surface area contributed by atoms with E-state index in [0.717, 1.165) is 6.92 Å². The van der Waals surface area contributed by atoms with Gasteiger partial charge in [-0.15, -0.1) is 0 Å². The molecule has 0 spiro atoms. The van der Waals surface area contributed by atoms with E-state index in [9.17, 15) is 26.3 Å². The zero-order chi connectivity index (χ0) is 11.1. The second-order valence-electron chi connectivity index (χ2n) is 2.43. The standard InChI is InChI=1S/C6H3F6NO/c1-2-3(5(7,8)9)14-4(13-2)6(10,11)12/h1H3. The molecule has 0 fully saturated rings. The summed E-state index contributed by atoms with van der Waals surface area (Å²) < 4.78 is 75.0. The lowest BCUT2D eigenvalue weighted by molar-refractivity contribution is -0.172. The van der Waals surface area contributed by atoms with Crippen LogP contribution >= 0.6 is 0 Å². The van der Waals surface area contributed by atoms with Crippen molar-refractivity contribution in [1.82, 2.24) is 4.98 Å². The molecule has 1 heterocycles. The molecular weight excluding hydrogens is 216 g/mol. The van der Waals surface area contributed by atoms with E-state index in [2.05, 4.69) is 9.40 Å². The number of alkyl halides is 6. The van der Waals surface area contributed by atoms with Crippen molar-refractivity contribution in [3.05, 3.63) is 17.3 Å². The molecule has 0 aliphatic heterocycles. The average Bonchev–Trinajstić information content (AvgIpc) is 2.27. The number of nitrogens with zero attached hydrogens (tertiary/aromatic N) is 1. The number of hydrogen-bond donors (Lipinski definition) is 0. The van der Waals surface area contributed by atoms with Gasteiger partial charge in [0.2, 0.25) is 5.76 Å². The number of halogens is 6. The summed E-state index contributed by atoms with van der Waals surface area (Å²) in [6.45, 7) is 0.793. The maximum Gasteiger partial charge on any atom is 0.468 e. The number of aryl methyl sites for hydroxylation is 1. The summed E-state index contributed by atoms with van der Waals surface area (Å²) in [7, 11) is 0. The maximum absolute atomic E-state index is 11.9. The topological polar surface area (TPSA) is 26.0 Å². The molecule has 14 heavy (non-hydrogen) atoms. The van der Waals surface area contributed by atoms with Crippen LogP contribution in [0.1, 0.15) is 17.3 Å². The molecule has 1 rings (SSSR count). The Kier molecular flexibility index (Phi) is 2.24. The SMILES string of the molecule is Cc1nc(C(F)(F)F)oc1C(F)(F)F. The summed E-state index contributed by atoms with van der Waals surface area (Å²) in [5.74, 6) is -3.60. The van der Waals surface area contributed by atoms with Gasteiger partial charge in [-0.05, 0) is 6.92 Å². The molecule has 0 saturated carbocycles. The fourth-order valence-corrected chi connectivity index (χ4v) is 0.781. The van der Waals surface area contributed by atoms with Gasteiger partial charge in [-0.3, -0.25) is 0 Å². The van der Waals surface area contributed by atoms with Gasteiger partial charge in [-0.25, -0.2) is 4.98 Å². The van der Waals surface area contributed by atoms with Crippen LogP contribution in [0.2, 0.25) is 0 Å². The van der Waals surface area contributed by atoms with Crippen molar-refractivity contribution >= 4 is 0 Å². The van der Waals surface area contributed by atoms with Crippen molar-refractivity contribution in [1.29, 1.82) is 0 Å². The Bertz CT molecular complexity index is 335. The number of rotatable bonds is 0. The van der Waals surface area contributed by atoms with Gasteiger partial charge >= 0.3 is 18.2 Å². The first-order valence-corrected chi connectivity index (χ1v) is 3.24. The quantitative estimate of drug-likeness (QED) is 0.627. The number of hydrogen-bond acceptors (Lipinski definition) is 2. The Morgan fingerprint density at radius 3 is 1.71 bits per heavy atom. The van der Waals surface area contributed by atoms with E-state index in [1.807, 2.05) is 0 Å². The lowest BCUT2D eigenvalue weighted by Crippen LogP contribution is -2.06. The van der Waals surface area contributed by atoms with Gasteiger partial charge in [0.25, 0.3) is 0 Å². The molecular formula is C6H3F6NO. The minimum atomic E-state index is -5.01. The van der Waals surface area contributed by atoms with Crippen LogP contribution in [0.5, 0.6) is 0 Å². The van der Waals surface area contributed by atoms with E-state index in [1.165, 1.54) is 0 Å². The molecule has 1 aromatic heterocycles. The fourth-order valence-electron chi connectivity index (χ4n) is 0.781. The fraction of sp³-hybridized carbons (Fsp3) is 0.500. The van der Waals surface area contributed by atoms with Crippen LogP contribution in [-0.4, -0.2) is 4.98 Å². The Balaban J connectivity index is 3.19. The average molecular weight is 219 g/mol. The molecule has 0 atom stereocenters. The third-order valence-electron chi connectivity index (χ3n) is 1.30. The van der Waals surface area contributed by atoms with Crippen LogP contribution in [0.3, 0.4) is 0 Å². The van der Waals surface area contributed by atoms with E-state index >= 15 is 0 Å². The summed E-state index contributed by atoms with van der Waals surface area (Å²) in [4.78, 5) is 2.64. The predicted octanol–water partition coefficient (Wildman–Crippen LogP) is 3.02. The van der Waals surface area contributed by atoms with Crippen LogP contribution in [0.15, 0.2) is 4.42 Å².